The van der Waals surface area contributed by atoms with Crippen LogP contribution in [0.25, 0.3) is 55.6 Å². The van der Waals surface area contributed by atoms with Crippen molar-refractivity contribution in [3.63, 3.8) is 0 Å². The van der Waals surface area contributed by atoms with Crippen molar-refractivity contribution in [2.75, 3.05) is 0 Å². The topological polar surface area (TPSA) is 9.23 Å². The fourth-order valence-electron chi connectivity index (χ4n) is 7.56. The van der Waals surface area contributed by atoms with Crippen LogP contribution in [0, 0.1) is 13.7 Å². The Kier molecular flexibility index (Phi) is 4.94. The molecule has 6 aromatic rings. The first-order valence-electron chi connectivity index (χ1n) is 18.9. The average Bonchev–Trinajstić information content (AvgIpc) is 3.09. The van der Waals surface area contributed by atoms with Gasteiger partial charge in [0.25, 0.3) is 0 Å². The molecule has 0 saturated heterocycles. The molecule has 1 aliphatic carbocycles. The third kappa shape index (κ3) is 4.22. The summed E-state index contributed by atoms with van der Waals surface area (Å²) < 4.78 is 57.6. The number of rotatable bonds is 1. The fraction of sp³-hybridized carbons (Fsp3) is 0.200. The van der Waals surface area contributed by atoms with Gasteiger partial charge in [0.1, 0.15) is 11.5 Å². The van der Waals surface area contributed by atoms with E-state index in [1.54, 1.807) is 18.2 Å². The summed E-state index contributed by atoms with van der Waals surface area (Å²) in [5.41, 5.74) is 12.0. The Bertz CT molecular complexity index is 2420. The monoisotopic (exact) mass is 602 g/mol. The molecule has 0 atom stereocenters. The van der Waals surface area contributed by atoms with Crippen molar-refractivity contribution in [3.8, 4) is 67.1 Å². The summed E-state index contributed by atoms with van der Waals surface area (Å²) in [6.07, 6.45) is 0. The molecule has 226 valence electrons. The molecule has 0 spiro atoms. The molecule has 0 aromatic heterocycles. The zero-order valence-electron chi connectivity index (χ0n) is 32.9. The lowest BCUT2D eigenvalue weighted by molar-refractivity contribution is 0.419. The quantitative estimate of drug-likeness (QED) is 0.182. The maximum absolute atomic E-state index is 8.82. The van der Waals surface area contributed by atoms with Gasteiger partial charge in [-0.2, -0.15) is 0 Å². The smallest absolute Gasteiger partial charge is 0.139 e. The molecule has 8 rings (SSSR count). The molecule has 0 amide bonds. The van der Waals surface area contributed by atoms with Gasteiger partial charge in [-0.05, 0) is 104 Å². The van der Waals surface area contributed by atoms with E-state index < -0.39 is 24.5 Å². The fourth-order valence-corrected chi connectivity index (χ4v) is 7.56. The van der Waals surface area contributed by atoms with E-state index in [1.807, 2.05) is 12.1 Å². The molecule has 0 bridgehead atoms. The van der Waals surface area contributed by atoms with Gasteiger partial charge in [-0.3, -0.25) is 0 Å². The molecule has 6 aromatic carbocycles. The summed E-state index contributed by atoms with van der Waals surface area (Å²) in [5.74, 6) is 0.874. The summed E-state index contributed by atoms with van der Waals surface area (Å²) >= 11 is 0. The largest absolute Gasteiger partial charge is 0.456 e. The van der Waals surface area contributed by atoms with E-state index in [4.69, 9.17) is 13.0 Å². The molecule has 1 nitrogen and oxygen atoms in total. The summed E-state index contributed by atoms with van der Waals surface area (Å²) in [5, 5.41) is 0. The number of hydrogen-bond acceptors (Lipinski definition) is 1. The summed E-state index contributed by atoms with van der Waals surface area (Å²) in [6.45, 7) is 5.83. The van der Waals surface area contributed by atoms with Crippen LogP contribution in [0.15, 0.2) is 115 Å². The van der Waals surface area contributed by atoms with Crippen LogP contribution in [-0.4, -0.2) is 0 Å². The normalized spacial score (nSPS) is 16.4. The molecule has 0 radical (unpaired) electrons. The van der Waals surface area contributed by atoms with Gasteiger partial charge in [0.15, 0.2) is 0 Å². The van der Waals surface area contributed by atoms with Crippen molar-refractivity contribution in [3.05, 3.63) is 143 Å². The predicted octanol–water partition coefficient (Wildman–Crippen LogP) is 12.7. The van der Waals surface area contributed by atoms with Gasteiger partial charge in [0, 0.05) is 30.3 Å². The van der Waals surface area contributed by atoms with Crippen molar-refractivity contribution in [1.29, 1.82) is 0 Å². The van der Waals surface area contributed by atoms with Crippen LogP contribution in [0.2, 0.25) is 0 Å². The van der Waals surface area contributed by atoms with E-state index in [0.717, 1.165) is 66.8 Å². The van der Waals surface area contributed by atoms with Crippen molar-refractivity contribution in [1.82, 2.24) is 0 Å². The first-order valence-corrected chi connectivity index (χ1v) is 15.9. The van der Waals surface area contributed by atoms with E-state index in [-0.39, 0.29) is 11.1 Å². The lowest BCUT2D eigenvalue weighted by Crippen LogP contribution is -2.25. The van der Waals surface area contributed by atoms with Crippen LogP contribution < -0.4 is 4.74 Å². The number of fused-ring (bicyclic) bond motifs is 10. The first kappa shape index (κ1) is 22.6. The van der Waals surface area contributed by atoms with E-state index >= 15 is 0 Å². The molecule has 46 heavy (non-hydrogen) atoms. The Morgan fingerprint density at radius 2 is 1.07 bits per heavy atom. The van der Waals surface area contributed by atoms with Crippen molar-refractivity contribution in [2.24, 2.45) is 0 Å². The zero-order valence-corrected chi connectivity index (χ0v) is 26.9. The van der Waals surface area contributed by atoms with Crippen molar-refractivity contribution < 1.29 is 13.0 Å². The van der Waals surface area contributed by atoms with Crippen LogP contribution in [0.4, 0.5) is 0 Å². The Labute approximate surface area is 282 Å². The van der Waals surface area contributed by atoms with Crippen LogP contribution in [-0.2, 0) is 10.8 Å². The number of aryl methyl sites for hydroxylation is 2. The van der Waals surface area contributed by atoms with Gasteiger partial charge in [-0.1, -0.05) is 132 Å². The Morgan fingerprint density at radius 1 is 0.543 bits per heavy atom. The van der Waals surface area contributed by atoms with Gasteiger partial charge < -0.3 is 4.74 Å². The highest BCUT2D eigenvalue weighted by Crippen LogP contribution is 2.55. The Hall–Kier alpha value is -4.88. The number of benzene rings is 6. The zero-order chi connectivity index (χ0) is 37.0. The summed E-state index contributed by atoms with van der Waals surface area (Å²) in [6, 6.07) is 38.5. The van der Waals surface area contributed by atoms with E-state index in [9.17, 15) is 0 Å². The second kappa shape index (κ2) is 10.1. The highest BCUT2D eigenvalue weighted by Gasteiger charge is 2.37. The third-order valence-electron chi connectivity index (χ3n) is 9.87. The van der Waals surface area contributed by atoms with Crippen LogP contribution >= 0.6 is 0 Å². The van der Waals surface area contributed by atoms with Crippen LogP contribution in [0.3, 0.4) is 0 Å². The average molecular weight is 603 g/mol. The predicted molar refractivity (Wildman–Crippen MR) is 194 cm³/mol. The molecule has 0 saturated carbocycles. The summed E-state index contributed by atoms with van der Waals surface area (Å²) in [4.78, 5) is 0. The van der Waals surface area contributed by atoms with Gasteiger partial charge in [-0.15, -0.1) is 0 Å². The van der Waals surface area contributed by atoms with Crippen LogP contribution in [0.5, 0.6) is 11.5 Å². The van der Waals surface area contributed by atoms with Gasteiger partial charge in [0.05, 0.1) is 0 Å². The molecule has 1 heterocycles. The summed E-state index contributed by atoms with van der Waals surface area (Å²) in [7, 11) is 0. The molecule has 2 aliphatic rings. The highest BCUT2D eigenvalue weighted by molar-refractivity contribution is 6.04. The minimum atomic E-state index is -2.47. The molecule has 0 unspecified atom stereocenters. The van der Waals surface area contributed by atoms with Gasteiger partial charge >= 0.3 is 0 Å². The Morgan fingerprint density at radius 3 is 1.59 bits per heavy atom. The highest BCUT2D eigenvalue weighted by atomic mass is 16.5. The molecule has 1 aliphatic heterocycles. The van der Waals surface area contributed by atoms with E-state index in [1.165, 1.54) is 0 Å². The first-order chi connectivity index (χ1) is 24.5. The lowest BCUT2D eigenvalue weighted by Gasteiger charge is -2.37. The van der Waals surface area contributed by atoms with Gasteiger partial charge in [-0.25, -0.2) is 0 Å². The number of ether oxygens (including phenoxy) is 1. The second-order valence-electron chi connectivity index (χ2n) is 14.1. The molecule has 0 N–H and O–H groups in total. The van der Waals surface area contributed by atoms with E-state index in [0.29, 0.717) is 17.1 Å². The number of hydrogen-bond donors (Lipinski definition) is 0. The Balaban J connectivity index is 1.51. The minimum Gasteiger partial charge on any atom is -0.456 e. The maximum atomic E-state index is 8.82. The minimum absolute atomic E-state index is 0.172. The van der Waals surface area contributed by atoms with Crippen molar-refractivity contribution in [2.45, 2.75) is 59.2 Å². The lowest BCUT2D eigenvalue weighted by atomic mass is 9.72. The third-order valence-corrected chi connectivity index (χ3v) is 9.87. The van der Waals surface area contributed by atoms with Crippen LogP contribution in [0.1, 0.15) is 70.7 Å². The molecular formula is C45H40O. The molecule has 1 heteroatoms. The van der Waals surface area contributed by atoms with E-state index in [2.05, 4.69) is 120 Å². The molecular weight excluding hydrogens is 556 g/mol. The van der Waals surface area contributed by atoms with Gasteiger partial charge in [0.2, 0.25) is 0 Å². The second-order valence-corrected chi connectivity index (χ2v) is 14.1. The van der Waals surface area contributed by atoms with Crippen molar-refractivity contribution >= 4 is 0 Å². The standard InChI is InChI=1S/C45H40O/c1-27-20-22-38-41(24-27)46-43-39(45(38,6)7)23-21-28(2)42(43)37-25-35-33-18-12-10-16-31(33)29-14-8-9-15-30(29)32-17-11-13-19-34(32)36(35)26-40(37)44(3,4)5/h8-26H,1-7H3/i1D3,2D3. The SMILES string of the molecule is [2H]C([2H])([2H])c1ccc2c(c1)Oc1c(ccc(C([2H])([2H])[2H])c1-c1cc3c(cc1C(C)(C)C)-c1ccccc1-c1ccccc1-c1ccccc1-3)C2(C)C. The molecule has 0 fully saturated rings. The maximum Gasteiger partial charge on any atom is 0.139 e.